The smallest absolute Gasteiger partial charge is 0.257 e. The van der Waals surface area contributed by atoms with Crippen molar-refractivity contribution in [3.05, 3.63) is 54.1 Å². The first-order chi connectivity index (χ1) is 13.7. The maximum Gasteiger partial charge on any atom is 0.257 e. The molecular weight excluding hydrogens is 372 g/mol. The van der Waals surface area contributed by atoms with E-state index in [-0.39, 0.29) is 11.9 Å². The average molecular weight is 397 g/mol. The number of nitrogens with zero attached hydrogens (tertiary/aromatic N) is 2. The van der Waals surface area contributed by atoms with Crippen LogP contribution in [0.4, 0.5) is 0 Å². The molecule has 146 valence electrons. The Balaban J connectivity index is 1.47. The number of oxazole rings is 1. The first kappa shape index (κ1) is 18.9. The Kier molecular flexibility index (Phi) is 5.86. The number of methoxy groups -OCH3 is 1. The monoisotopic (exact) mass is 396 g/mol. The van der Waals surface area contributed by atoms with Gasteiger partial charge in [0.15, 0.2) is 5.58 Å². The molecule has 1 saturated heterocycles. The van der Waals surface area contributed by atoms with Crippen LogP contribution in [0.2, 0.25) is 0 Å². The molecule has 1 atom stereocenters. The summed E-state index contributed by atoms with van der Waals surface area (Å²) in [6.45, 7) is 0.795. The van der Waals surface area contributed by atoms with Gasteiger partial charge in [0, 0.05) is 6.54 Å². The fourth-order valence-electron chi connectivity index (χ4n) is 3.70. The zero-order valence-corrected chi connectivity index (χ0v) is 16.8. The molecule has 2 aromatic carbocycles. The normalized spacial score (nSPS) is 17.5. The van der Waals surface area contributed by atoms with Crippen molar-refractivity contribution in [1.82, 2.24) is 9.88 Å². The Morgan fingerprint density at radius 2 is 2.00 bits per heavy atom. The molecule has 4 rings (SSSR count). The van der Waals surface area contributed by atoms with Crippen molar-refractivity contribution in [3.63, 3.8) is 0 Å². The molecule has 0 radical (unpaired) electrons. The molecule has 0 spiro atoms. The third-order valence-corrected chi connectivity index (χ3v) is 5.98. The van der Waals surface area contributed by atoms with Gasteiger partial charge in [-0.3, -0.25) is 4.79 Å². The van der Waals surface area contributed by atoms with E-state index in [1.54, 1.807) is 7.11 Å². The molecule has 1 aromatic heterocycles. The van der Waals surface area contributed by atoms with Gasteiger partial charge in [-0.05, 0) is 42.7 Å². The van der Waals surface area contributed by atoms with Crippen molar-refractivity contribution in [1.29, 1.82) is 0 Å². The Bertz CT molecular complexity index is 905. The van der Waals surface area contributed by atoms with Crippen molar-refractivity contribution in [3.8, 4) is 5.75 Å². The number of hydrogen-bond acceptors (Lipinski definition) is 5. The number of rotatable bonds is 5. The quantitative estimate of drug-likeness (QED) is 0.564. The van der Waals surface area contributed by atoms with E-state index >= 15 is 0 Å². The summed E-state index contributed by atoms with van der Waals surface area (Å²) in [5, 5.41) is 0.547. The lowest BCUT2D eigenvalue weighted by Crippen LogP contribution is -2.36. The molecule has 0 N–H and O–H groups in total. The number of ether oxygens (including phenoxy) is 1. The number of amides is 1. The van der Waals surface area contributed by atoms with Crippen LogP contribution in [0.15, 0.2) is 58.2 Å². The Labute approximate surface area is 169 Å². The van der Waals surface area contributed by atoms with Gasteiger partial charge in [0.05, 0.1) is 18.9 Å². The average Bonchev–Trinajstić information content (AvgIpc) is 2.99. The predicted molar refractivity (Wildman–Crippen MR) is 111 cm³/mol. The van der Waals surface area contributed by atoms with Crippen LogP contribution in [-0.2, 0) is 4.79 Å². The molecule has 0 saturated carbocycles. The number of para-hydroxylation sites is 2. The molecule has 3 aromatic rings. The SMILES string of the molecule is COc1ccc([C@@H]2CCCCCN2C(=O)CSc2nc3ccccc3o2)cc1. The Hall–Kier alpha value is -2.47. The molecule has 1 aliphatic rings. The summed E-state index contributed by atoms with van der Waals surface area (Å²) in [5.41, 5.74) is 2.74. The predicted octanol–water partition coefficient (Wildman–Crippen LogP) is 5.07. The van der Waals surface area contributed by atoms with Crippen molar-refractivity contribution >= 4 is 28.8 Å². The van der Waals surface area contributed by atoms with Crippen LogP contribution in [0.1, 0.15) is 37.3 Å². The first-order valence-electron chi connectivity index (χ1n) is 9.66. The largest absolute Gasteiger partial charge is 0.497 e. The van der Waals surface area contributed by atoms with Gasteiger partial charge in [-0.15, -0.1) is 0 Å². The van der Waals surface area contributed by atoms with Gasteiger partial charge in [0.25, 0.3) is 5.22 Å². The first-order valence-corrected chi connectivity index (χ1v) is 10.6. The lowest BCUT2D eigenvalue weighted by Gasteiger charge is -2.30. The highest BCUT2D eigenvalue weighted by Gasteiger charge is 2.27. The van der Waals surface area contributed by atoms with E-state index in [1.165, 1.54) is 17.3 Å². The van der Waals surface area contributed by atoms with Crippen LogP contribution in [0.5, 0.6) is 5.75 Å². The summed E-state index contributed by atoms with van der Waals surface area (Å²) in [4.78, 5) is 19.5. The zero-order chi connectivity index (χ0) is 19.3. The lowest BCUT2D eigenvalue weighted by molar-refractivity contribution is -0.130. The Morgan fingerprint density at radius 1 is 1.18 bits per heavy atom. The minimum Gasteiger partial charge on any atom is -0.497 e. The third kappa shape index (κ3) is 4.17. The van der Waals surface area contributed by atoms with Crippen LogP contribution >= 0.6 is 11.8 Å². The van der Waals surface area contributed by atoms with Gasteiger partial charge in [0.2, 0.25) is 5.91 Å². The van der Waals surface area contributed by atoms with Gasteiger partial charge in [-0.25, -0.2) is 4.98 Å². The van der Waals surface area contributed by atoms with Gasteiger partial charge in [-0.1, -0.05) is 48.9 Å². The minimum absolute atomic E-state index is 0.116. The van der Waals surface area contributed by atoms with E-state index in [9.17, 15) is 4.79 Å². The van der Waals surface area contributed by atoms with Crippen LogP contribution in [-0.4, -0.2) is 35.2 Å². The maximum absolute atomic E-state index is 13.1. The third-order valence-electron chi connectivity index (χ3n) is 5.17. The van der Waals surface area contributed by atoms with Crippen LogP contribution < -0.4 is 4.74 Å². The molecule has 2 heterocycles. The molecule has 0 aliphatic carbocycles. The maximum atomic E-state index is 13.1. The highest BCUT2D eigenvalue weighted by molar-refractivity contribution is 7.99. The number of benzene rings is 2. The molecule has 1 amide bonds. The van der Waals surface area contributed by atoms with Crippen molar-refractivity contribution in [2.24, 2.45) is 0 Å². The van der Waals surface area contributed by atoms with Crippen molar-refractivity contribution in [2.75, 3.05) is 19.4 Å². The second-order valence-corrected chi connectivity index (χ2v) is 7.89. The lowest BCUT2D eigenvalue weighted by atomic mass is 10.0. The topological polar surface area (TPSA) is 55.6 Å². The Morgan fingerprint density at radius 3 is 2.79 bits per heavy atom. The van der Waals surface area contributed by atoms with Crippen LogP contribution in [0.25, 0.3) is 11.1 Å². The second kappa shape index (κ2) is 8.69. The zero-order valence-electron chi connectivity index (χ0n) is 16.0. The van der Waals surface area contributed by atoms with Gasteiger partial charge >= 0.3 is 0 Å². The molecule has 0 bridgehead atoms. The molecule has 28 heavy (non-hydrogen) atoms. The van der Waals surface area contributed by atoms with E-state index in [2.05, 4.69) is 17.1 Å². The summed E-state index contributed by atoms with van der Waals surface area (Å²) in [5.74, 6) is 1.30. The highest BCUT2D eigenvalue weighted by Crippen LogP contribution is 2.32. The van der Waals surface area contributed by atoms with E-state index in [0.717, 1.165) is 49.1 Å². The van der Waals surface area contributed by atoms with Crippen molar-refractivity contribution in [2.45, 2.75) is 36.9 Å². The van der Waals surface area contributed by atoms with E-state index in [0.29, 0.717) is 11.0 Å². The number of carbonyl (C=O) groups is 1. The number of likely N-dealkylation sites (tertiary alicyclic amines) is 1. The molecule has 1 fully saturated rings. The second-order valence-electron chi connectivity index (χ2n) is 6.96. The van der Waals surface area contributed by atoms with Gasteiger partial charge in [0.1, 0.15) is 11.3 Å². The molecular formula is C22H24N2O3S. The number of hydrogen-bond donors (Lipinski definition) is 0. The number of carbonyl (C=O) groups excluding carboxylic acids is 1. The molecule has 0 unspecified atom stereocenters. The van der Waals surface area contributed by atoms with Gasteiger partial charge in [-0.2, -0.15) is 0 Å². The summed E-state index contributed by atoms with van der Waals surface area (Å²) in [6.07, 6.45) is 4.34. The van der Waals surface area contributed by atoms with Gasteiger partial charge < -0.3 is 14.1 Å². The van der Waals surface area contributed by atoms with E-state index in [1.807, 2.05) is 41.3 Å². The van der Waals surface area contributed by atoms with Crippen LogP contribution in [0.3, 0.4) is 0 Å². The minimum atomic E-state index is 0.116. The molecule has 6 heteroatoms. The number of aromatic nitrogens is 1. The highest BCUT2D eigenvalue weighted by atomic mass is 32.2. The summed E-state index contributed by atoms with van der Waals surface area (Å²) in [7, 11) is 1.67. The standard InChI is InChI=1S/C22H24N2O3S/c1-26-17-12-10-16(11-13-17)19-8-3-2-6-14-24(19)21(25)15-28-22-23-18-7-4-5-9-20(18)27-22/h4-5,7,9-13,19H,2-3,6,8,14-15H2,1H3/t19-/m0/s1. The fourth-order valence-corrected chi connectivity index (χ4v) is 4.42. The number of fused-ring (bicyclic) bond motifs is 1. The molecule has 5 nitrogen and oxygen atoms in total. The van der Waals surface area contributed by atoms with E-state index < -0.39 is 0 Å². The summed E-state index contributed by atoms with van der Waals surface area (Å²) >= 11 is 1.37. The van der Waals surface area contributed by atoms with E-state index in [4.69, 9.17) is 9.15 Å². The number of thioether (sulfide) groups is 1. The van der Waals surface area contributed by atoms with Crippen molar-refractivity contribution < 1.29 is 13.9 Å². The fraction of sp³-hybridized carbons (Fsp3) is 0.364. The van der Waals surface area contributed by atoms with Crippen LogP contribution in [0, 0.1) is 0 Å². The summed E-state index contributed by atoms with van der Waals surface area (Å²) in [6, 6.07) is 15.9. The molecule has 1 aliphatic heterocycles. The summed E-state index contributed by atoms with van der Waals surface area (Å²) < 4.78 is 11.0.